The van der Waals surface area contributed by atoms with E-state index in [0.29, 0.717) is 19.7 Å². The van der Waals surface area contributed by atoms with Gasteiger partial charge in [-0.3, -0.25) is 0 Å². The third-order valence-corrected chi connectivity index (χ3v) is 4.94. The summed E-state index contributed by atoms with van der Waals surface area (Å²) in [6.07, 6.45) is 6.37. The van der Waals surface area contributed by atoms with E-state index in [-0.39, 0.29) is 6.09 Å². The summed E-state index contributed by atoms with van der Waals surface area (Å²) in [4.78, 5) is 14.0. The molecule has 0 unspecified atom stereocenters. The fourth-order valence-corrected chi connectivity index (χ4v) is 3.45. The lowest BCUT2D eigenvalue weighted by Gasteiger charge is -2.29. The van der Waals surface area contributed by atoms with E-state index in [4.69, 9.17) is 9.47 Å². The van der Waals surface area contributed by atoms with E-state index in [1.807, 2.05) is 80.1 Å². The number of nitrogens with zero attached hydrogens (tertiary/aromatic N) is 3. The Morgan fingerprint density at radius 1 is 1.13 bits per heavy atom. The number of ether oxygens (including phenoxy) is 2. The number of aromatic nitrogens is 2. The van der Waals surface area contributed by atoms with Crippen molar-refractivity contribution in [1.82, 2.24) is 14.5 Å². The normalized spacial score (nSPS) is 14.5. The monoisotopic (exact) mass is 405 g/mol. The SMILES string of the molecule is CC(C)(C)OC(=O)N1CC=C(c2cnn3cc(OCc4ccccc4)ccc23)CC1. The van der Waals surface area contributed by atoms with Crippen LogP contribution in [0, 0.1) is 0 Å². The first kappa shape index (κ1) is 20.0. The van der Waals surface area contributed by atoms with Crippen LogP contribution in [0.25, 0.3) is 11.1 Å². The highest BCUT2D eigenvalue weighted by molar-refractivity contribution is 5.80. The molecule has 0 radical (unpaired) electrons. The third-order valence-electron chi connectivity index (χ3n) is 4.94. The van der Waals surface area contributed by atoms with Crippen molar-refractivity contribution in [3.63, 3.8) is 0 Å². The summed E-state index contributed by atoms with van der Waals surface area (Å²) in [6, 6.07) is 14.1. The van der Waals surface area contributed by atoms with E-state index in [9.17, 15) is 4.79 Å². The number of hydrogen-bond acceptors (Lipinski definition) is 4. The summed E-state index contributed by atoms with van der Waals surface area (Å²) >= 11 is 0. The van der Waals surface area contributed by atoms with Crippen molar-refractivity contribution in [3.05, 3.63) is 72.1 Å². The van der Waals surface area contributed by atoms with E-state index in [2.05, 4.69) is 11.2 Å². The number of rotatable bonds is 4. The highest BCUT2D eigenvalue weighted by Crippen LogP contribution is 2.28. The second kappa shape index (κ2) is 8.22. The van der Waals surface area contributed by atoms with Gasteiger partial charge in [0.2, 0.25) is 0 Å². The van der Waals surface area contributed by atoms with Gasteiger partial charge in [-0.05, 0) is 50.5 Å². The molecule has 1 aliphatic rings. The molecule has 1 amide bonds. The first-order chi connectivity index (χ1) is 14.4. The van der Waals surface area contributed by atoms with Crippen LogP contribution in [-0.4, -0.2) is 39.3 Å². The maximum Gasteiger partial charge on any atom is 0.410 e. The lowest BCUT2D eigenvalue weighted by molar-refractivity contribution is 0.0270. The van der Waals surface area contributed by atoms with Crippen molar-refractivity contribution >= 4 is 17.2 Å². The minimum atomic E-state index is -0.482. The predicted molar refractivity (Wildman–Crippen MR) is 116 cm³/mol. The van der Waals surface area contributed by atoms with Crippen LogP contribution in [0.4, 0.5) is 4.79 Å². The highest BCUT2D eigenvalue weighted by atomic mass is 16.6. The average molecular weight is 405 g/mol. The quantitative estimate of drug-likeness (QED) is 0.617. The second-order valence-electron chi connectivity index (χ2n) is 8.43. The Hall–Kier alpha value is -3.28. The minimum Gasteiger partial charge on any atom is -0.487 e. The zero-order chi connectivity index (χ0) is 21.1. The summed E-state index contributed by atoms with van der Waals surface area (Å²) in [5.74, 6) is 0.773. The van der Waals surface area contributed by atoms with Crippen LogP contribution < -0.4 is 4.74 Å². The smallest absolute Gasteiger partial charge is 0.410 e. The number of amides is 1. The molecule has 0 aliphatic carbocycles. The van der Waals surface area contributed by atoms with E-state index >= 15 is 0 Å². The molecule has 0 atom stereocenters. The number of carbonyl (C=O) groups is 1. The van der Waals surface area contributed by atoms with Crippen LogP contribution in [0.15, 0.2) is 60.9 Å². The van der Waals surface area contributed by atoms with Gasteiger partial charge in [0.15, 0.2) is 0 Å². The van der Waals surface area contributed by atoms with E-state index < -0.39 is 5.60 Å². The second-order valence-corrected chi connectivity index (χ2v) is 8.43. The van der Waals surface area contributed by atoms with Crippen molar-refractivity contribution in [2.75, 3.05) is 13.1 Å². The van der Waals surface area contributed by atoms with Gasteiger partial charge in [-0.1, -0.05) is 36.4 Å². The molecule has 156 valence electrons. The van der Waals surface area contributed by atoms with Gasteiger partial charge in [0.25, 0.3) is 0 Å². The van der Waals surface area contributed by atoms with Crippen molar-refractivity contribution in [2.24, 2.45) is 0 Å². The van der Waals surface area contributed by atoms with Gasteiger partial charge in [0, 0.05) is 18.7 Å². The standard InChI is InChI=1S/C24H27N3O3/c1-24(2,3)30-23(28)26-13-11-19(12-14-26)21-15-25-27-16-20(9-10-22(21)27)29-17-18-7-5-4-6-8-18/h4-11,15-16H,12-14,17H2,1-3H3. The lowest BCUT2D eigenvalue weighted by atomic mass is 10.0. The summed E-state index contributed by atoms with van der Waals surface area (Å²) < 4.78 is 13.2. The zero-order valence-corrected chi connectivity index (χ0v) is 17.7. The fraction of sp³-hybridized carbons (Fsp3) is 0.333. The molecular weight excluding hydrogens is 378 g/mol. The number of fused-ring (bicyclic) bond motifs is 1. The van der Waals surface area contributed by atoms with E-state index in [1.165, 1.54) is 5.57 Å². The zero-order valence-electron chi connectivity index (χ0n) is 17.7. The predicted octanol–water partition coefficient (Wildman–Crippen LogP) is 4.94. The Balaban J connectivity index is 1.44. The molecular formula is C24H27N3O3. The fourth-order valence-electron chi connectivity index (χ4n) is 3.45. The molecule has 2 aromatic heterocycles. The van der Waals surface area contributed by atoms with Gasteiger partial charge in [-0.15, -0.1) is 0 Å². The molecule has 0 saturated heterocycles. The lowest BCUT2D eigenvalue weighted by Crippen LogP contribution is -2.39. The first-order valence-corrected chi connectivity index (χ1v) is 10.2. The van der Waals surface area contributed by atoms with Crippen molar-refractivity contribution in [2.45, 2.75) is 39.4 Å². The van der Waals surface area contributed by atoms with Crippen LogP contribution in [0.3, 0.4) is 0 Å². The molecule has 0 N–H and O–H groups in total. The molecule has 6 nitrogen and oxygen atoms in total. The van der Waals surface area contributed by atoms with Gasteiger partial charge in [-0.2, -0.15) is 5.10 Å². The Morgan fingerprint density at radius 3 is 2.63 bits per heavy atom. The molecule has 30 heavy (non-hydrogen) atoms. The van der Waals surface area contributed by atoms with E-state index in [0.717, 1.165) is 28.8 Å². The largest absolute Gasteiger partial charge is 0.487 e. The van der Waals surface area contributed by atoms with Gasteiger partial charge in [0.1, 0.15) is 18.0 Å². The Bertz CT molecular complexity index is 1060. The van der Waals surface area contributed by atoms with Crippen LogP contribution in [0.1, 0.15) is 38.3 Å². The van der Waals surface area contributed by atoms with Crippen LogP contribution >= 0.6 is 0 Å². The number of benzene rings is 1. The molecule has 6 heteroatoms. The number of hydrogen-bond donors (Lipinski definition) is 0. The Labute approximate surface area is 176 Å². The number of carbonyl (C=O) groups excluding carboxylic acids is 1. The van der Waals surface area contributed by atoms with Gasteiger partial charge >= 0.3 is 6.09 Å². The van der Waals surface area contributed by atoms with Gasteiger partial charge in [0.05, 0.1) is 17.9 Å². The first-order valence-electron chi connectivity index (χ1n) is 10.2. The molecule has 0 saturated carbocycles. The maximum atomic E-state index is 12.3. The summed E-state index contributed by atoms with van der Waals surface area (Å²) in [6.45, 7) is 7.34. The highest BCUT2D eigenvalue weighted by Gasteiger charge is 2.24. The average Bonchev–Trinajstić information content (AvgIpc) is 3.15. The van der Waals surface area contributed by atoms with Gasteiger partial charge in [-0.25, -0.2) is 9.31 Å². The molecule has 0 spiro atoms. The van der Waals surface area contributed by atoms with E-state index in [1.54, 1.807) is 4.90 Å². The third kappa shape index (κ3) is 4.64. The van der Waals surface area contributed by atoms with Crippen molar-refractivity contribution in [1.29, 1.82) is 0 Å². The number of pyridine rings is 1. The Kier molecular flexibility index (Phi) is 5.48. The minimum absolute atomic E-state index is 0.266. The molecule has 3 aromatic rings. The van der Waals surface area contributed by atoms with Gasteiger partial charge < -0.3 is 14.4 Å². The van der Waals surface area contributed by atoms with Crippen LogP contribution in [0.5, 0.6) is 5.75 Å². The molecule has 1 aromatic carbocycles. The molecule has 3 heterocycles. The van der Waals surface area contributed by atoms with Crippen molar-refractivity contribution in [3.8, 4) is 5.75 Å². The molecule has 1 aliphatic heterocycles. The Morgan fingerprint density at radius 2 is 1.93 bits per heavy atom. The molecule has 4 rings (SSSR count). The topological polar surface area (TPSA) is 56.1 Å². The van der Waals surface area contributed by atoms with Crippen molar-refractivity contribution < 1.29 is 14.3 Å². The molecule has 0 bridgehead atoms. The maximum absolute atomic E-state index is 12.3. The summed E-state index contributed by atoms with van der Waals surface area (Å²) in [5, 5.41) is 4.50. The summed E-state index contributed by atoms with van der Waals surface area (Å²) in [7, 11) is 0. The summed E-state index contributed by atoms with van der Waals surface area (Å²) in [5.41, 5.74) is 3.96. The van der Waals surface area contributed by atoms with Crippen LogP contribution in [0.2, 0.25) is 0 Å². The molecule has 0 fully saturated rings. The van der Waals surface area contributed by atoms with Crippen LogP contribution in [-0.2, 0) is 11.3 Å².